The van der Waals surface area contributed by atoms with Gasteiger partial charge in [0.15, 0.2) is 0 Å². The average Bonchev–Trinajstić information content (AvgIpc) is 2.17. The molecule has 1 aliphatic heterocycles. The first-order valence-corrected chi connectivity index (χ1v) is 5.96. The van der Waals surface area contributed by atoms with Crippen LogP contribution >= 0.6 is 11.8 Å². The SMILES string of the molecule is CCOC(=O)NCC1CCSCC1. The van der Waals surface area contributed by atoms with Gasteiger partial charge in [-0.3, -0.25) is 0 Å². The zero-order valence-corrected chi connectivity index (χ0v) is 8.86. The zero-order chi connectivity index (χ0) is 9.52. The highest BCUT2D eigenvalue weighted by Gasteiger charge is 2.14. The fraction of sp³-hybridized carbons (Fsp3) is 0.889. The van der Waals surface area contributed by atoms with Gasteiger partial charge in [-0.2, -0.15) is 11.8 Å². The van der Waals surface area contributed by atoms with Crippen LogP contribution in [0.5, 0.6) is 0 Å². The van der Waals surface area contributed by atoms with Crippen LogP contribution in [0, 0.1) is 5.92 Å². The predicted octanol–water partition coefficient (Wildman–Crippen LogP) is 1.88. The Morgan fingerprint density at radius 1 is 1.54 bits per heavy atom. The predicted molar refractivity (Wildman–Crippen MR) is 55.1 cm³/mol. The van der Waals surface area contributed by atoms with Gasteiger partial charge in [0.25, 0.3) is 0 Å². The second kappa shape index (κ2) is 6.13. The molecule has 0 aromatic carbocycles. The first-order valence-electron chi connectivity index (χ1n) is 4.81. The van der Waals surface area contributed by atoms with Crippen LogP contribution in [0.4, 0.5) is 4.79 Å². The molecular weight excluding hydrogens is 186 g/mol. The molecule has 1 aliphatic rings. The summed E-state index contributed by atoms with van der Waals surface area (Å²) in [5.41, 5.74) is 0. The number of hydrogen-bond donors (Lipinski definition) is 1. The van der Waals surface area contributed by atoms with Crippen LogP contribution in [-0.2, 0) is 4.74 Å². The van der Waals surface area contributed by atoms with Gasteiger partial charge in [0.05, 0.1) is 6.61 Å². The van der Waals surface area contributed by atoms with Crippen molar-refractivity contribution in [3.63, 3.8) is 0 Å². The number of carbonyl (C=O) groups excluding carboxylic acids is 1. The highest BCUT2D eigenvalue weighted by atomic mass is 32.2. The lowest BCUT2D eigenvalue weighted by Crippen LogP contribution is -2.31. The molecule has 1 saturated heterocycles. The van der Waals surface area contributed by atoms with Gasteiger partial charge < -0.3 is 10.1 Å². The average molecular weight is 203 g/mol. The lowest BCUT2D eigenvalue weighted by atomic mass is 10.0. The minimum Gasteiger partial charge on any atom is -0.450 e. The molecule has 0 bridgehead atoms. The Balaban J connectivity index is 2.06. The number of hydrogen-bond acceptors (Lipinski definition) is 3. The van der Waals surface area contributed by atoms with E-state index < -0.39 is 0 Å². The molecule has 4 heteroatoms. The van der Waals surface area contributed by atoms with Crippen molar-refractivity contribution in [3.05, 3.63) is 0 Å². The van der Waals surface area contributed by atoms with Gasteiger partial charge in [-0.15, -0.1) is 0 Å². The number of alkyl carbamates (subject to hydrolysis) is 1. The Kier molecular flexibility index (Phi) is 5.05. The topological polar surface area (TPSA) is 38.3 Å². The summed E-state index contributed by atoms with van der Waals surface area (Å²) in [7, 11) is 0. The van der Waals surface area contributed by atoms with Gasteiger partial charge in [0.1, 0.15) is 0 Å². The van der Waals surface area contributed by atoms with Crippen molar-refractivity contribution in [3.8, 4) is 0 Å². The van der Waals surface area contributed by atoms with Crippen molar-refractivity contribution < 1.29 is 9.53 Å². The molecule has 0 unspecified atom stereocenters. The molecule has 1 amide bonds. The minimum absolute atomic E-state index is 0.277. The van der Waals surface area contributed by atoms with Crippen LogP contribution in [0.15, 0.2) is 0 Å². The molecule has 1 fully saturated rings. The first kappa shape index (κ1) is 10.7. The maximum atomic E-state index is 10.9. The Morgan fingerprint density at radius 2 is 2.23 bits per heavy atom. The minimum atomic E-state index is -0.277. The van der Waals surface area contributed by atoms with Crippen LogP contribution in [-0.4, -0.2) is 30.8 Å². The van der Waals surface area contributed by atoms with E-state index in [0.717, 1.165) is 6.54 Å². The molecule has 1 rings (SSSR count). The number of carbonyl (C=O) groups is 1. The smallest absolute Gasteiger partial charge is 0.407 e. The maximum absolute atomic E-state index is 10.9. The molecule has 3 nitrogen and oxygen atoms in total. The van der Waals surface area contributed by atoms with Crippen molar-refractivity contribution in [2.24, 2.45) is 5.92 Å². The third-order valence-corrected chi connectivity index (χ3v) is 3.20. The lowest BCUT2D eigenvalue weighted by molar-refractivity contribution is 0.150. The fourth-order valence-corrected chi connectivity index (χ4v) is 2.56. The van der Waals surface area contributed by atoms with E-state index in [2.05, 4.69) is 5.32 Å². The van der Waals surface area contributed by atoms with Gasteiger partial charge >= 0.3 is 6.09 Å². The molecule has 0 spiro atoms. The highest BCUT2D eigenvalue weighted by molar-refractivity contribution is 7.99. The molecule has 1 N–H and O–H groups in total. The second-order valence-corrected chi connectivity index (χ2v) is 4.38. The van der Waals surface area contributed by atoms with Crippen LogP contribution in [0.2, 0.25) is 0 Å². The molecule has 13 heavy (non-hydrogen) atoms. The summed E-state index contributed by atoms with van der Waals surface area (Å²) in [6.45, 7) is 3.04. The Bertz CT molecular complexity index is 158. The van der Waals surface area contributed by atoms with Gasteiger partial charge in [-0.1, -0.05) is 0 Å². The van der Waals surface area contributed by atoms with E-state index in [1.165, 1.54) is 24.3 Å². The molecule has 76 valence electrons. The molecule has 0 atom stereocenters. The normalized spacial score (nSPS) is 18.2. The summed E-state index contributed by atoms with van der Waals surface area (Å²) < 4.78 is 4.78. The van der Waals surface area contributed by atoms with Crippen LogP contribution in [0.1, 0.15) is 19.8 Å². The number of ether oxygens (including phenoxy) is 1. The Labute approximate surface area is 83.6 Å². The van der Waals surface area contributed by atoms with Gasteiger partial charge in [-0.05, 0) is 37.2 Å². The molecule has 0 aromatic heterocycles. The summed E-state index contributed by atoms with van der Waals surface area (Å²) in [6, 6.07) is 0. The third-order valence-electron chi connectivity index (χ3n) is 2.15. The fourth-order valence-electron chi connectivity index (χ4n) is 1.36. The summed E-state index contributed by atoms with van der Waals surface area (Å²) in [6.07, 6.45) is 2.16. The van der Waals surface area contributed by atoms with Crippen molar-refractivity contribution in [2.45, 2.75) is 19.8 Å². The Hall–Kier alpha value is -0.380. The summed E-state index contributed by atoms with van der Waals surface area (Å²) in [5, 5.41) is 2.78. The largest absolute Gasteiger partial charge is 0.450 e. The van der Waals surface area contributed by atoms with E-state index in [9.17, 15) is 4.79 Å². The van der Waals surface area contributed by atoms with Crippen LogP contribution < -0.4 is 5.32 Å². The van der Waals surface area contributed by atoms with E-state index in [-0.39, 0.29) is 6.09 Å². The number of nitrogens with one attached hydrogen (secondary N) is 1. The van der Waals surface area contributed by atoms with Crippen molar-refractivity contribution in [1.82, 2.24) is 5.32 Å². The first-order chi connectivity index (χ1) is 6.33. The standard InChI is InChI=1S/C9H17NO2S/c1-2-12-9(11)10-7-8-3-5-13-6-4-8/h8H,2-7H2,1H3,(H,10,11). The molecular formula is C9H17NO2S. The van der Waals surface area contributed by atoms with Crippen LogP contribution in [0.25, 0.3) is 0 Å². The van der Waals surface area contributed by atoms with E-state index in [0.29, 0.717) is 12.5 Å². The number of amides is 1. The molecule has 0 aromatic rings. The lowest BCUT2D eigenvalue weighted by Gasteiger charge is -2.21. The van der Waals surface area contributed by atoms with Crippen molar-refractivity contribution in [1.29, 1.82) is 0 Å². The van der Waals surface area contributed by atoms with Gasteiger partial charge in [0, 0.05) is 6.54 Å². The molecule has 1 heterocycles. The van der Waals surface area contributed by atoms with Crippen molar-refractivity contribution in [2.75, 3.05) is 24.7 Å². The van der Waals surface area contributed by atoms with E-state index in [1.807, 2.05) is 18.7 Å². The molecule has 0 radical (unpaired) electrons. The van der Waals surface area contributed by atoms with E-state index >= 15 is 0 Å². The van der Waals surface area contributed by atoms with Crippen molar-refractivity contribution >= 4 is 17.9 Å². The van der Waals surface area contributed by atoms with Crippen LogP contribution in [0.3, 0.4) is 0 Å². The summed E-state index contributed by atoms with van der Waals surface area (Å²) >= 11 is 2.00. The monoisotopic (exact) mass is 203 g/mol. The molecule has 0 aliphatic carbocycles. The zero-order valence-electron chi connectivity index (χ0n) is 8.04. The van der Waals surface area contributed by atoms with Gasteiger partial charge in [0.2, 0.25) is 0 Å². The van der Waals surface area contributed by atoms with E-state index in [1.54, 1.807) is 0 Å². The van der Waals surface area contributed by atoms with E-state index in [4.69, 9.17) is 4.74 Å². The third kappa shape index (κ3) is 4.41. The quantitative estimate of drug-likeness (QED) is 0.761. The highest BCUT2D eigenvalue weighted by Crippen LogP contribution is 2.21. The summed E-state index contributed by atoms with van der Waals surface area (Å²) in [5.74, 6) is 3.12. The molecule has 0 saturated carbocycles. The summed E-state index contributed by atoms with van der Waals surface area (Å²) in [4.78, 5) is 10.9. The second-order valence-electron chi connectivity index (χ2n) is 3.16. The van der Waals surface area contributed by atoms with Gasteiger partial charge in [-0.25, -0.2) is 4.79 Å². The number of rotatable bonds is 3. The number of thioether (sulfide) groups is 1. The maximum Gasteiger partial charge on any atom is 0.407 e. The Morgan fingerprint density at radius 3 is 2.85 bits per heavy atom.